The van der Waals surface area contributed by atoms with Gasteiger partial charge in [0.2, 0.25) is 0 Å². The van der Waals surface area contributed by atoms with Crippen LogP contribution in [0.25, 0.3) is 0 Å². The van der Waals surface area contributed by atoms with Gasteiger partial charge in [0.25, 0.3) is 0 Å². The van der Waals surface area contributed by atoms with Crippen LogP contribution < -0.4 is 16.3 Å². The highest BCUT2D eigenvalue weighted by Crippen LogP contribution is 2.24. The molecule has 0 bridgehead atoms. The van der Waals surface area contributed by atoms with E-state index in [1.165, 1.54) is 14.1 Å². The number of rotatable bonds is 4. The van der Waals surface area contributed by atoms with E-state index in [4.69, 9.17) is 9.68 Å². The van der Waals surface area contributed by atoms with Gasteiger partial charge in [-0.1, -0.05) is 0 Å². The Morgan fingerprint density at radius 1 is 1.00 bits per heavy atom. The van der Waals surface area contributed by atoms with Crippen molar-refractivity contribution >= 4 is 11.9 Å². The summed E-state index contributed by atoms with van der Waals surface area (Å²) < 4.78 is 0. The van der Waals surface area contributed by atoms with Crippen LogP contribution in [0.4, 0.5) is 0 Å². The zero-order chi connectivity index (χ0) is 13.7. The van der Waals surface area contributed by atoms with E-state index in [-0.39, 0.29) is 6.42 Å². The molecule has 7 nitrogen and oxygen atoms in total. The molecule has 0 aromatic carbocycles. The fraction of sp³-hybridized carbons (Fsp3) is 0.455. The van der Waals surface area contributed by atoms with Gasteiger partial charge in [0, 0.05) is 31.9 Å². The molecule has 0 saturated heterocycles. The molecule has 0 unspecified atom stereocenters. The van der Waals surface area contributed by atoms with E-state index in [0.717, 1.165) is 0 Å². The van der Waals surface area contributed by atoms with E-state index in [0.29, 0.717) is 22.5 Å². The zero-order valence-corrected chi connectivity index (χ0v) is 10.8. The standard InChI is InChI=1S/C11H17N3O4/c1-6-8(10(15)17-12-3)5-9(7(2)14-6)11(16)18-13-4/h12-14H,5H2,1-4H3. The first-order valence-electron chi connectivity index (χ1n) is 5.43. The van der Waals surface area contributed by atoms with Gasteiger partial charge >= 0.3 is 11.9 Å². The smallest absolute Gasteiger partial charge is 0.354 e. The zero-order valence-electron chi connectivity index (χ0n) is 10.8. The Hall–Kier alpha value is -1.86. The molecule has 1 aliphatic rings. The number of hydroxylamine groups is 2. The van der Waals surface area contributed by atoms with Crippen LogP contribution in [0.2, 0.25) is 0 Å². The quantitative estimate of drug-likeness (QED) is 0.604. The van der Waals surface area contributed by atoms with E-state index in [2.05, 4.69) is 16.3 Å². The van der Waals surface area contributed by atoms with Gasteiger partial charge in [0.05, 0.1) is 11.1 Å². The van der Waals surface area contributed by atoms with Crippen LogP contribution in [0, 0.1) is 0 Å². The van der Waals surface area contributed by atoms with Gasteiger partial charge in [-0.15, -0.1) is 0 Å². The van der Waals surface area contributed by atoms with E-state index in [1.807, 2.05) is 0 Å². The lowest BCUT2D eigenvalue weighted by Gasteiger charge is -2.21. The maximum atomic E-state index is 11.7. The van der Waals surface area contributed by atoms with Gasteiger partial charge < -0.3 is 15.0 Å². The van der Waals surface area contributed by atoms with Crippen LogP contribution in [0.15, 0.2) is 22.5 Å². The van der Waals surface area contributed by atoms with Crippen molar-refractivity contribution < 1.29 is 19.3 Å². The summed E-state index contributed by atoms with van der Waals surface area (Å²) in [6.45, 7) is 3.49. The molecule has 3 N–H and O–H groups in total. The summed E-state index contributed by atoms with van der Waals surface area (Å²) in [6.07, 6.45) is 0.172. The summed E-state index contributed by atoms with van der Waals surface area (Å²) in [5.41, 5.74) is 6.72. The van der Waals surface area contributed by atoms with Crippen LogP contribution >= 0.6 is 0 Å². The van der Waals surface area contributed by atoms with Crippen LogP contribution in [-0.2, 0) is 19.3 Å². The van der Waals surface area contributed by atoms with Crippen molar-refractivity contribution in [3.05, 3.63) is 22.5 Å². The third-order valence-electron chi connectivity index (χ3n) is 2.52. The highest BCUT2D eigenvalue weighted by atomic mass is 16.7. The topological polar surface area (TPSA) is 88.7 Å². The fourth-order valence-electron chi connectivity index (χ4n) is 1.63. The Morgan fingerprint density at radius 3 is 1.72 bits per heavy atom. The van der Waals surface area contributed by atoms with E-state index in [1.54, 1.807) is 13.8 Å². The average Bonchev–Trinajstić information content (AvgIpc) is 2.29. The molecule has 18 heavy (non-hydrogen) atoms. The molecule has 0 aliphatic carbocycles. The molecule has 0 saturated carbocycles. The molecule has 7 heteroatoms. The predicted molar refractivity (Wildman–Crippen MR) is 63.5 cm³/mol. The molecule has 0 radical (unpaired) electrons. The first kappa shape index (κ1) is 14.2. The molecule has 0 fully saturated rings. The van der Waals surface area contributed by atoms with Gasteiger partial charge in [-0.3, -0.25) is 0 Å². The Bertz CT molecular complexity index is 388. The largest absolute Gasteiger partial charge is 0.367 e. The third kappa shape index (κ3) is 3.08. The van der Waals surface area contributed by atoms with Gasteiger partial charge in [-0.2, -0.15) is 11.0 Å². The van der Waals surface area contributed by atoms with Crippen molar-refractivity contribution in [2.24, 2.45) is 0 Å². The van der Waals surface area contributed by atoms with E-state index in [9.17, 15) is 9.59 Å². The summed E-state index contributed by atoms with van der Waals surface area (Å²) in [7, 11) is 2.97. The second-order valence-corrected chi connectivity index (χ2v) is 3.70. The second kappa shape index (κ2) is 6.18. The molecule has 0 spiro atoms. The highest BCUT2D eigenvalue weighted by molar-refractivity contribution is 5.96. The van der Waals surface area contributed by atoms with Crippen LogP contribution in [0.1, 0.15) is 20.3 Å². The van der Waals surface area contributed by atoms with Gasteiger partial charge in [-0.05, 0) is 13.8 Å². The number of hydrogen-bond acceptors (Lipinski definition) is 7. The van der Waals surface area contributed by atoms with Crippen molar-refractivity contribution in [2.45, 2.75) is 20.3 Å². The number of hydrogen-bond donors (Lipinski definition) is 3. The van der Waals surface area contributed by atoms with Crippen LogP contribution in [-0.4, -0.2) is 26.0 Å². The van der Waals surface area contributed by atoms with E-state index < -0.39 is 11.9 Å². The summed E-state index contributed by atoms with van der Waals surface area (Å²) in [5, 5.41) is 2.96. The Balaban J connectivity index is 2.89. The van der Waals surface area contributed by atoms with Crippen molar-refractivity contribution in [1.29, 1.82) is 0 Å². The molecule has 100 valence electrons. The van der Waals surface area contributed by atoms with Gasteiger partial charge in [0.1, 0.15) is 0 Å². The van der Waals surface area contributed by atoms with Crippen molar-refractivity contribution in [2.75, 3.05) is 14.1 Å². The van der Waals surface area contributed by atoms with E-state index >= 15 is 0 Å². The maximum Gasteiger partial charge on any atom is 0.354 e. The highest BCUT2D eigenvalue weighted by Gasteiger charge is 2.26. The van der Waals surface area contributed by atoms with Crippen molar-refractivity contribution in [1.82, 2.24) is 16.3 Å². The first-order valence-corrected chi connectivity index (χ1v) is 5.43. The third-order valence-corrected chi connectivity index (χ3v) is 2.52. The maximum absolute atomic E-state index is 11.7. The number of carbonyl (C=O) groups excluding carboxylic acids is 2. The van der Waals surface area contributed by atoms with Crippen molar-refractivity contribution in [3.63, 3.8) is 0 Å². The first-order chi connectivity index (χ1) is 8.51. The predicted octanol–water partition coefficient (Wildman–Crippen LogP) is -0.117. The Labute approximate surface area is 105 Å². The van der Waals surface area contributed by atoms with Crippen LogP contribution in [0.3, 0.4) is 0 Å². The molecule has 1 aliphatic heterocycles. The minimum atomic E-state index is -0.523. The summed E-state index contributed by atoms with van der Waals surface area (Å²) in [4.78, 5) is 32.7. The Kier molecular flexibility index (Phi) is 4.87. The fourth-order valence-corrected chi connectivity index (χ4v) is 1.63. The van der Waals surface area contributed by atoms with Gasteiger partial charge in [-0.25, -0.2) is 9.59 Å². The second-order valence-electron chi connectivity index (χ2n) is 3.70. The number of allylic oxidation sites excluding steroid dienone is 2. The number of carbonyl (C=O) groups is 2. The molecular weight excluding hydrogens is 238 g/mol. The lowest BCUT2D eigenvalue weighted by molar-refractivity contribution is -0.145. The SMILES string of the molecule is CNOC(=O)C1=C(C)NC(C)=C(C(=O)ONC)C1. The summed E-state index contributed by atoms with van der Waals surface area (Å²) in [5.74, 6) is -1.05. The normalized spacial score (nSPS) is 15.3. The number of nitrogens with one attached hydrogen (secondary N) is 3. The summed E-state index contributed by atoms with van der Waals surface area (Å²) >= 11 is 0. The molecule has 0 atom stereocenters. The summed E-state index contributed by atoms with van der Waals surface area (Å²) in [6, 6.07) is 0. The molecule has 1 heterocycles. The molecule has 0 amide bonds. The van der Waals surface area contributed by atoms with Gasteiger partial charge in [0.15, 0.2) is 0 Å². The molecular formula is C11H17N3O4. The van der Waals surface area contributed by atoms with Crippen molar-refractivity contribution in [3.8, 4) is 0 Å². The minimum Gasteiger partial charge on any atom is -0.367 e. The molecule has 0 aromatic rings. The van der Waals surface area contributed by atoms with Crippen LogP contribution in [0.5, 0.6) is 0 Å². The lowest BCUT2D eigenvalue weighted by atomic mass is 9.98. The Morgan fingerprint density at radius 2 is 1.39 bits per heavy atom. The minimum absolute atomic E-state index is 0.172. The molecule has 1 rings (SSSR count). The lowest BCUT2D eigenvalue weighted by Crippen LogP contribution is -2.29. The molecule has 0 aromatic heterocycles. The average molecular weight is 255 g/mol. The number of dihydropyridines is 1. The monoisotopic (exact) mass is 255 g/mol.